The third-order valence-corrected chi connectivity index (χ3v) is 6.00. The minimum Gasteiger partial charge on any atom is -0.331 e. The van der Waals surface area contributed by atoms with Gasteiger partial charge in [-0.3, -0.25) is 9.59 Å². The highest BCUT2D eigenvalue weighted by Crippen LogP contribution is 2.34. The van der Waals surface area contributed by atoms with E-state index in [0.717, 1.165) is 18.9 Å². The van der Waals surface area contributed by atoms with Crippen LogP contribution in [0.1, 0.15) is 33.6 Å². The lowest BCUT2D eigenvalue weighted by molar-refractivity contribution is 0.0732. The van der Waals surface area contributed by atoms with E-state index in [1.54, 1.807) is 18.9 Å². The first kappa shape index (κ1) is 17.8. The fourth-order valence-electron chi connectivity index (χ4n) is 3.13. The standard InChI is InChI=1S/C19H17F2N3O2S/c1-10-15-17(22-9-23(2)18(15)25)27-16(10)19(26)24(13-5-6-13)8-11-3-4-12(20)7-14(11)21/h3-4,7,9,13H,5-6,8H2,1-2H3. The molecule has 0 spiro atoms. The number of carbonyl (C=O) groups is 1. The molecule has 1 aromatic carbocycles. The third-order valence-electron chi connectivity index (χ3n) is 4.81. The first-order chi connectivity index (χ1) is 12.9. The van der Waals surface area contributed by atoms with Crippen LogP contribution in [0.3, 0.4) is 0 Å². The van der Waals surface area contributed by atoms with Gasteiger partial charge in [0.25, 0.3) is 11.5 Å². The van der Waals surface area contributed by atoms with E-state index in [2.05, 4.69) is 4.98 Å². The van der Waals surface area contributed by atoms with Crippen molar-refractivity contribution in [1.82, 2.24) is 14.5 Å². The van der Waals surface area contributed by atoms with Crippen LogP contribution in [0.5, 0.6) is 0 Å². The van der Waals surface area contributed by atoms with Crippen LogP contribution in [0.2, 0.25) is 0 Å². The van der Waals surface area contributed by atoms with E-state index in [4.69, 9.17) is 0 Å². The van der Waals surface area contributed by atoms with Crippen LogP contribution in [-0.4, -0.2) is 26.4 Å². The fraction of sp³-hybridized carbons (Fsp3) is 0.316. The van der Waals surface area contributed by atoms with Crippen LogP contribution in [0.4, 0.5) is 8.78 Å². The SMILES string of the molecule is Cc1c(C(=O)N(Cc2ccc(F)cc2F)C2CC2)sc2ncn(C)c(=O)c12. The number of aryl methyl sites for hydroxylation is 2. The Hall–Kier alpha value is -2.61. The largest absolute Gasteiger partial charge is 0.331 e. The Labute approximate surface area is 157 Å². The minimum atomic E-state index is -0.669. The van der Waals surface area contributed by atoms with E-state index in [0.29, 0.717) is 20.7 Å². The van der Waals surface area contributed by atoms with Gasteiger partial charge in [0.2, 0.25) is 0 Å². The van der Waals surface area contributed by atoms with Crippen LogP contribution < -0.4 is 5.56 Å². The van der Waals surface area contributed by atoms with E-state index in [1.807, 2.05) is 0 Å². The number of thiophene rings is 1. The summed E-state index contributed by atoms with van der Waals surface area (Å²) in [5.74, 6) is -1.57. The Morgan fingerprint density at radius 3 is 2.78 bits per heavy atom. The summed E-state index contributed by atoms with van der Waals surface area (Å²) >= 11 is 1.18. The molecule has 1 amide bonds. The van der Waals surface area contributed by atoms with Crippen molar-refractivity contribution in [3.8, 4) is 0 Å². The Kier molecular flexibility index (Phi) is 4.30. The summed E-state index contributed by atoms with van der Waals surface area (Å²) in [7, 11) is 1.61. The molecular formula is C19H17F2N3O2S. The summed E-state index contributed by atoms with van der Waals surface area (Å²) in [6, 6.07) is 3.40. The fourth-order valence-corrected chi connectivity index (χ4v) is 4.23. The molecule has 3 aromatic rings. The van der Waals surface area contributed by atoms with Crippen molar-refractivity contribution in [2.45, 2.75) is 32.4 Å². The molecule has 0 aliphatic heterocycles. The number of amides is 1. The van der Waals surface area contributed by atoms with E-state index in [9.17, 15) is 18.4 Å². The molecule has 27 heavy (non-hydrogen) atoms. The van der Waals surface area contributed by atoms with Crippen LogP contribution in [-0.2, 0) is 13.6 Å². The average molecular weight is 389 g/mol. The Bertz CT molecular complexity index is 1120. The summed E-state index contributed by atoms with van der Waals surface area (Å²) < 4.78 is 28.6. The van der Waals surface area contributed by atoms with Gasteiger partial charge in [0.15, 0.2) is 0 Å². The zero-order valence-electron chi connectivity index (χ0n) is 14.8. The van der Waals surface area contributed by atoms with Gasteiger partial charge in [-0.25, -0.2) is 13.8 Å². The van der Waals surface area contributed by atoms with Crippen molar-refractivity contribution in [1.29, 1.82) is 0 Å². The number of nitrogens with zero attached hydrogens (tertiary/aromatic N) is 3. The molecule has 1 aliphatic carbocycles. The van der Waals surface area contributed by atoms with Gasteiger partial charge in [-0.2, -0.15) is 0 Å². The summed E-state index contributed by atoms with van der Waals surface area (Å²) in [6.45, 7) is 1.80. The van der Waals surface area contributed by atoms with Crippen LogP contribution in [0, 0.1) is 18.6 Å². The molecule has 4 rings (SSSR count). The molecule has 8 heteroatoms. The maximum atomic E-state index is 14.1. The number of benzene rings is 1. The predicted molar refractivity (Wildman–Crippen MR) is 98.9 cm³/mol. The molecule has 0 saturated heterocycles. The first-order valence-electron chi connectivity index (χ1n) is 8.56. The molecule has 0 radical (unpaired) electrons. The third kappa shape index (κ3) is 3.14. The number of aromatic nitrogens is 2. The molecule has 1 saturated carbocycles. The lowest BCUT2D eigenvalue weighted by atomic mass is 10.1. The van der Waals surface area contributed by atoms with E-state index >= 15 is 0 Å². The number of fused-ring (bicyclic) bond motifs is 1. The maximum Gasteiger partial charge on any atom is 0.264 e. The molecule has 2 heterocycles. The number of rotatable bonds is 4. The highest BCUT2D eigenvalue weighted by molar-refractivity contribution is 7.20. The highest BCUT2D eigenvalue weighted by Gasteiger charge is 2.35. The van der Waals surface area contributed by atoms with Gasteiger partial charge in [0, 0.05) is 31.3 Å². The first-order valence-corrected chi connectivity index (χ1v) is 9.38. The molecule has 0 unspecified atom stereocenters. The van der Waals surface area contributed by atoms with Gasteiger partial charge in [0.1, 0.15) is 16.5 Å². The van der Waals surface area contributed by atoms with Gasteiger partial charge >= 0.3 is 0 Å². The molecular weight excluding hydrogens is 372 g/mol. The van der Waals surface area contributed by atoms with Crippen LogP contribution in [0.15, 0.2) is 29.3 Å². The molecule has 140 valence electrons. The lowest BCUT2D eigenvalue weighted by Crippen LogP contribution is -2.32. The van der Waals surface area contributed by atoms with E-state index in [1.165, 1.54) is 34.4 Å². The van der Waals surface area contributed by atoms with Gasteiger partial charge in [-0.05, 0) is 31.4 Å². The van der Waals surface area contributed by atoms with Gasteiger partial charge in [-0.15, -0.1) is 11.3 Å². The van der Waals surface area contributed by atoms with Gasteiger partial charge in [0.05, 0.1) is 16.6 Å². The highest BCUT2D eigenvalue weighted by atomic mass is 32.1. The Balaban J connectivity index is 1.73. The van der Waals surface area contributed by atoms with Crippen molar-refractivity contribution in [2.24, 2.45) is 7.05 Å². The quantitative estimate of drug-likeness (QED) is 0.687. The maximum absolute atomic E-state index is 14.1. The molecule has 0 atom stereocenters. The minimum absolute atomic E-state index is 0.0300. The normalized spacial score (nSPS) is 13.9. The molecule has 0 N–H and O–H groups in total. The van der Waals surface area contributed by atoms with Crippen molar-refractivity contribution in [3.63, 3.8) is 0 Å². The van der Waals surface area contributed by atoms with E-state index in [-0.39, 0.29) is 29.6 Å². The predicted octanol–water partition coefficient (Wildman–Crippen LogP) is 3.39. The van der Waals surface area contributed by atoms with Crippen LogP contribution >= 0.6 is 11.3 Å². The van der Waals surface area contributed by atoms with Gasteiger partial charge < -0.3 is 9.47 Å². The van der Waals surface area contributed by atoms with Crippen molar-refractivity contribution >= 4 is 27.5 Å². The molecule has 2 aromatic heterocycles. The molecule has 0 bridgehead atoms. The Morgan fingerprint density at radius 2 is 2.11 bits per heavy atom. The van der Waals surface area contributed by atoms with Crippen molar-refractivity contribution < 1.29 is 13.6 Å². The Morgan fingerprint density at radius 1 is 1.37 bits per heavy atom. The lowest BCUT2D eigenvalue weighted by Gasteiger charge is -2.22. The zero-order valence-corrected chi connectivity index (χ0v) is 15.6. The number of halogens is 2. The second-order valence-corrected chi connectivity index (χ2v) is 7.80. The molecule has 5 nitrogen and oxygen atoms in total. The number of hydrogen-bond acceptors (Lipinski definition) is 4. The smallest absolute Gasteiger partial charge is 0.264 e. The topological polar surface area (TPSA) is 55.2 Å². The van der Waals surface area contributed by atoms with Crippen molar-refractivity contribution in [3.05, 3.63) is 62.5 Å². The second-order valence-electron chi connectivity index (χ2n) is 6.80. The monoisotopic (exact) mass is 389 g/mol. The molecule has 1 fully saturated rings. The molecule has 1 aliphatic rings. The summed E-state index contributed by atoms with van der Waals surface area (Å²) in [5.41, 5.74) is 0.665. The van der Waals surface area contributed by atoms with Crippen LogP contribution in [0.25, 0.3) is 10.2 Å². The van der Waals surface area contributed by atoms with E-state index < -0.39 is 11.6 Å². The summed E-state index contributed by atoms with van der Waals surface area (Å²) in [4.78, 5) is 32.4. The summed E-state index contributed by atoms with van der Waals surface area (Å²) in [6.07, 6.45) is 3.12. The number of carbonyl (C=O) groups excluding carboxylic acids is 1. The zero-order chi connectivity index (χ0) is 19.3. The van der Waals surface area contributed by atoms with Gasteiger partial charge in [-0.1, -0.05) is 6.07 Å². The average Bonchev–Trinajstić information content (AvgIpc) is 3.40. The second kappa shape index (κ2) is 6.53. The number of hydrogen-bond donors (Lipinski definition) is 0. The van der Waals surface area contributed by atoms with Crippen molar-refractivity contribution in [2.75, 3.05) is 0 Å². The summed E-state index contributed by atoms with van der Waals surface area (Å²) in [5, 5.41) is 0.442.